The van der Waals surface area contributed by atoms with Gasteiger partial charge in [0.15, 0.2) is 23.9 Å². The summed E-state index contributed by atoms with van der Waals surface area (Å²) >= 11 is 0. The van der Waals surface area contributed by atoms with Crippen molar-refractivity contribution in [3.63, 3.8) is 0 Å². The molecular weight excluding hydrogens is 284 g/mol. The molecule has 0 atom stereocenters. The van der Waals surface area contributed by atoms with E-state index in [2.05, 4.69) is 0 Å². The van der Waals surface area contributed by atoms with Gasteiger partial charge in [0.1, 0.15) is 18.8 Å². The van der Waals surface area contributed by atoms with Crippen LogP contribution in [-0.4, -0.2) is 24.9 Å². The lowest BCUT2D eigenvalue weighted by Gasteiger charge is -2.18. The van der Waals surface area contributed by atoms with E-state index in [-0.39, 0.29) is 12.3 Å². The van der Waals surface area contributed by atoms with Crippen molar-refractivity contribution in [1.82, 2.24) is 0 Å². The highest BCUT2D eigenvalue weighted by Gasteiger charge is 2.18. The third-order valence-electron chi connectivity index (χ3n) is 3.33. The first-order valence-corrected chi connectivity index (χ1v) is 6.85. The maximum Gasteiger partial charge on any atom is 0.254 e. The number of rotatable bonds is 4. The number of pyridine rings is 1. The largest absolute Gasteiger partial charge is 0.486 e. The number of Topliss-reactive ketones (excluding diaryl/α,β-unsaturated/α-hetero) is 1. The fourth-order valence-electron chi connectivity index (χ4n) is 2.24. The Labute approximate surface area is 127 Å². The van der Waals surface area contributed by atoms with Crippen LogP contribution in [0.3, 0.4) is 0 Å². The Balaban J connectivity index is 1.80. The Bertz CT molecular complexity index is 743. The second-order valence-corrected chi connectivity index (χ2v) is 4.91. The molecular formula is C16H15N2O4+. The number of aromatic nitrogens is 1. The predicted octanol–water partition coefficient (Wildman–Crippen LogP) is 0.727. The minimum absolute atomic E-state index is 0.0939. The number of ketones is 1. The summed E-state index contributed by atoms with van der Waals surface area (Å²) in [4.78, 5) is 23.5. The second-order valence-electron chi connectivity index (χ2n) is 4.91. The average Bonchev–Trinajstić information content (AvgIpc) is 2.54. The number of carbonyl (C=O) groups excluding carboxylic acids is 2. The molecule has 1 aromatic carbocycles. The van der Waals surface area contributed by atoms with Gasteiger partial charge >= 0.3 is 0 Å². The van der Waals surface area contributed by atoms with Crippen LogP contribution in [0.25, 0.3) is 0 Å². The van der Waals surface area contributed by atoms with Crippen LogP contribution >= 0.6 is 0 Å². The van der Waals surface area contributed by atoms with Crippen LogP contribution in [0.2, 0.25) is 0 Å². The van der Waals surface area contributed by atoms with Gasteiger partial charge in [-0.1, -0.05) is 0 Å². The molecule has 0 saturated heterocycles. The summed E-state index contributed by atoms with van der Waals surface area (Å²) in [6.45, 7) is 1.09. The standard InChI is InChI=1S/C16H14N2O4/c17-16(20)12-2-1-5-18(9-12)10-13(19)11-3-4-14-15(8-11)22-7-6-21-14/h1-5,8-9H,6-7,10H2,(H-,17,20)/p+1. The number of primary amides is 1. The average molecular weight is 299 g/mol. The zero-order valence-electron chi connectivity index (χ0n) is 11.8. The molecule has 6 nitrogen and oxygen atoms in total. The van der Waals surface area contributed by atoms with Crippen LogP contribution < -0.4 is 19.8 Å². The lowest BCUT2D eigenvalue weighted by Crippen LogP contribution is -2.38. The minimum atomic E-state index is -0.527. The Morgan fingerprint density at radius 1 is 1.09 bits per heavy atom. The van der Waals surface area contributed by atoms with Gasteiger partial charge in [-0.2, -0.15) is 4.57 Å². The molecule has 22 heavy (non-hydrogen) atoms. The first-order valence-electron chi connectivity index (χ1n) is 6.85. The highest BCUT2D eigenvalue weighted by atomic mass is 16.6. The van der Waals surface area contributed by atoms with Crippen molar-refractivity contribution < 1.29 is 23.6 Å². The molecule has 1 amide bonds. The lowest BCUT2D eigenvalue weighted by atomic mass is 10.1. The van der Waals surface area contributed by atoms with Crippen LogP contribution in [-0.2, 0) is 6.54 Å². The van der Waals surface area contributed by atoms with E-state index in [1.165, 1.54) is 0 Å². The molecule has 0 radical (unpaired) electrons. The van der Waals surface area contributed by atoms with Crippen molar-refractivity contribution >= 4 is 11.7 Å². The highest BCUT2D eigenvalue weighted by Crippen LogP contribution is 2.30. The van der Waals surface area contributed by atoms with E-state index >= 15 is 0 Å². The Morgan fingerprint density at radius 3 is 2.64 bits per heavy atom. The zero-order chi connectivity index (χ0) is 15.5. The van der Waals surface area contributed by atoms with Gasteiger partial charge in [0.05, 0.1) is 0 Å². The summed E-state index contributed by atoms with van der Waals surface area (Å²) < 4.78 is 12.5. The molecule has 2 aromatic rings. The van der Waals surface area contributed by atoms with Crippen molar-refractivity contribution in [3.05, 3.63) is 53.9 Å². The lowest BCUT2D eigenvalue weighted by molar-refractivity contribution is -0.683. The molecule has 0 fully saturated rings. The molecule has 1 aliphatic rings. The van der Waals surface area contributed by atoms with Crippen molar-refractivity contribution in [2.45, 2.75) is 6.54 Å². The smallest absolute Gasteiger partial charge is 0.254 e. The summed E-state index contributed by atoms with van der Waals surface area (Å²) in [6, 6.07) is 8.39. The fourth-order valence-corrected chi connectivity index (χ4v) is 2.24. The van der Waals surface area contributed by atoms with Gasteiger partial charge in [-0.3, -0.25) is 9.59 Å². The van der Waals surface area contributed by atoms with Crippen LogP contribution in [0.15, 0.2) is 42.7 Å². The molecule has 0 saturated carbocycles. The van der Waals surface area contributed by atoms with Crippen LogP contribution in [0.4, 0.5) is 0 Å². The molecule has 0 spiro atoms. The summed E-state index contributed by atoms with van der Waals surface area (Å²) in [5, 5.41) is 0. The Morgan fingerprint density at radius 2 is 1.86 bits per heavy atom. The zero-order valence-corrected chi connectivity index (χ0v) is 11.8. The molecule has 0 aliphatic carbocycles. The number of carbonyl (C=O) groups is 2. The molecule has 112 valence electrons. The topological polar surface area (TPSA) is 82.5 Å². The molecule has 2 N–H and O–H groups in total. The van der Waals surface area contributed by atoms with Gasteiger partial charge in [-0.05, 0) is 24.3 Å². The van der Waals surface area contributed by atoms with E-state index in [4.69, 9.17) is 15.2 Å². The van der Waals surface area contributed by atoms with E-state index < -0.39 is 5.91 Å². The monoisotopic (exact) mass is 299 g/mol. The number of amides is 1. The Kier molecular flexibility index (Phi) is 3.74. The van der Waals surface area contributed by atoms with Crippen molar-refractivity contribution in [3.8, 4) is 11.5 Å². The minimum Gasteiger partial charge on any atom is -0.486 e. The normalized spacial score (nSPS) is 12.7. The molecule has 2 heterocycles. The third kappa shape index (κ3) is 2.90. The SMILES string of the molecule is NC(=O)c1ccc[n+](CC(=O)c2ccc3c(c2)OCCO3)c1. The highest BCUT2D eigenvalue weighted by molar-refractivity contribution is 5.96. The number of fused-ring (bicyclic) bond motifs is 1. The van der Waals surface area contributed by atoms with E-state index in [1.807, 2.05) is 0 Å². The van der Waals surface area contributed by atoms with Gasteiger partial charge < -0.3 is 15.2 Å². The number of hydrogen-bond donors (Lipinski definition) is 1. The van der Waals surface area contributed by atoms with Gasteiger partial charge in [-0.15, -0.1) is 0 Å². The van der Waals surface area contributed by atoms with Crippen molar-refractivity contribution in [1.29, 1.82) is 0 Å². The predicted molar refractivity (Wildman–Crippen MR) is 76.9 cm³/mol. The van der Waals surface area contributed by atoms with E-state index in [1.54, 1.807) is 47.3 Å². The summed E-state index contributed by atoms with van der Waals surface area (Å²) in [5.41, 5.74) is 6.12. The van der Waals surface area contributed by atoms with Crippen LogP contribution in [0.5, 0.6) is 11.5 Å². The third-order valence-corrected chi connectivity index (χ3v) is 3.33. The van der Waals surface area contributed by atoms with Crippen LogP contribution in [0, 0.1) is 0 Å². The first-order chi connectivity index (χ1) is 10.6. The van der Waals surface area contributed by atoms with Gasteiger partial charge in [0.25, 0.3) is 5.91 Å². The van der Waals surface area contributed by atoms with Gasteiger partial charge in [0, 0.05) is 11.6 Å². The van der Waals surface area contributed by atoms with Gasteiger partial charge in [0.2, 0.25) is 12.3 Å². The molecule has 0 bridgehead atoms. The summed E-state index contributed by atoms with van der Waals surface area (Å²) in [6.07, 6.45) is 3.26. The van der Waals surface area contributed by atoms with Gasteiger partial charge in [-0.25, -0.2) is 0 Å². The van der Waals surface area contributed by atoms with Crippen molar-refractivity contribution in [2.75, 3.05) is 13.2 Å². The van der Waals surface area contributed by atoms with E-state index in [9.17, 15) is 9.59 Å². The molecule has 3 rings (SSSR count). The Hall–Kier alpha value is -2.89. The van der Waals surface area contributed by atoms with Crippen molar-refractivity contribution in [2.24, 2.45) is 5.73 Å². The molecule has 0 unspecified atom stereocenters. The number of hydrogen-bond acceptors (Lipinski definition) is 4. The number of nitrogens with zero attached hydrogens (tertiary/aromatic N) is 1. The van der Waals surface area contributed by atoms with E-state index in [0.29, 0.717) is 35.8 Å². The molecule has 1 aliphatic heterocycles. The number of benzene rings is 1. The molecule has 1 aromatic heterocycles. The number of nitrogens with two attached hydrogens (primary N) is 1. The maximum atomic E-state index is 12.3. The first kappa shape index (κ1) is 14.1. The van der Waals surface area contributed by atoms with Crippen LogP contribution in [0.1, 0.15) is 20.7 Å². The fraction of sp³-hybridized carbons (Fsp3) is 0.188. The summed E-state index contributed by atoms with van der Waals surface area (Å²) in [5.74, 6) is 0.601. The second kappa shape index (κ2) is 5.85. The molecule has 6 heteroatoms. The summed E-state index contributed by atoms with van der Waals surface area (Å²) in [7, 11) is 0. The quantitative estimate of drug-likeness (QED) is 0.666. The maximum absolute atomic E-state index is 12.3. The van der Waals surface area contributed by atoms with E-state index in [0.717, 1.165) is 0 Å². The number of ether oxygens (including phenoxy) is 2.